The molecule has 0 aliphatic heterocycles. The fraction of sp³-hybridized carbons (Fsp3) is 0.294. The van der Waals surface area contributed by atoms with Gasteiger partial charge in [-0.15, -0.1) is 11.3 Å². The Bertz CT molecular complexity index is 655. The van der Waals surface area contributed by atoms with Crippen LogP contribution in [0.15, 0.2) is 29.6 Å². The number of aryl methyl sites for hydroxylation is 3. The number of amides is 2. The van der Waals surface area contributed by atoms with Crippen molar-refractivity contribution >= 4 is 28.8 Å². The second kappa shape index (κ2) is 7.22. The van der Waals surface area contributed by atoms with Gasteiger partial charge in [-0.1, -0.05) is 23.8 Å². The number of hydrogen-bond acceptors (Lipinski definition) is 3. The van der Waals surface area contributed by atoms with Crippen LogP contribution < -0.4 is 10.6 Å². The number of thiophene rings is 1. The number of benzene rings is 1. The first-order chi connectivity index (χ1) is 10.5. The highest BCUT2D eigenvalue weighted by Crippen LogP contribution is 2.21. The highest BCUT2D eigenvalue weighted by atomic mass is 32.1. The van der Waals surface area contributed by atoms with Crippen molar-refractivity contribution in [1.82, 2.24) is 5.32 Å². The van der Waals surface area contributed by atoms with Gasteiger partial charge in [-0.2, -0.15) is 0 Å². The molecule has 2 amide bonds. The molecule has 0 atom stereocenters. The third-order valence-electron chi connectivity index (χ3n) is 3.30. The van der Waals surface area contributed by atoms with Gasteiger partial charge in [0, 0.05) is 10.6 Å². The van der Waals surface area contributed by atoms with Gasteiger partial charge < -0.3 is 10.6 Å². The van der Waals surface area contributed by atoms with Crippen LogP contribution >= 0.6 is 11.3 Å². The Labute approximate surface area is 134 Å². The van der Waals surface area contributed by atoms with Crippen molar-refractivity contribution < 1.29 is 9.59 Å². The van der Waals surface area contributed by atoms with Crippen LogP contribution in [0.5, 0.6) is 0 Å². The average molecular weight is 316 g/mol. The predicted octanol–water partition coefficient (Wildman–Crippen LogP) is 2.97. The zero-order valence-corrected chi connectivity index (χ0v) is 13.8. The minimum absolute atomic E-state index is 0.0169. The average Bonchev–Trinajstić information content (AvgIpc) is 2.93. The number of nitrogens with one attached hydrogen (secondary N) is 2. The second-order valence-corrected chi connectivity index (χ2v) is 6.39. The molecule has 1 aromatic heterocycles. The molecule has 0 saturated carbocycles. The van der Waals surface area contributed by atoms with Crippen LogP contribution in [0.25, 0.3) is 0 Å². The zero-order chi connectivity index (χ0) is 16.1. The van der Waals surface area contributed by atoms with Crippen LogP contribution in [0.1, 0.15) is 21.6 Å². The molecule has 2 aromatic rings. The predicted molar refractivity (Wildman–Crippen MR) is 90.3 cm³/mol. The molecule has 0 saturated heterocycles. The van der Waals surface area contributed by atoms with Crippen LogP contribution in [-0.2, 0) is 16.0 Å². The molecule has 4 nitrogen and oxygen atoms in total. The maximum Gasteiger partial charge on any atom is 0.243 e. The van der Waals surface area contributed by atoms with Gasteiger partial charge in [0.1, 0.15) is 0 Å². The molecular formula is C17H20N2O2S. The molecule has 22 heavy (non-hydrogen) atoms. The lowest BCUT2D eigenvalue weighted by molar-refractivity contribution is -0.123. The monoisotopic (exact) mass is 316 g/mol. The van der Waals surface area contributed by atoms with E-state index in [2.05, 4.69) is 10.6 Å². The zero-order valence-electron chi connectivity index (χ0n) is 13.0. The van der Waals surface area contributed by atoms with Crippen LogP contribution in [0.2, 0.25) is 0 Å². The van der Waals surface area contributed by atoms with Gasteiger partial charge in [-0.05, 0) is 43.3 Å². The number of carbonyl (C=O) groups is 2. The minimum Gasteiger partial charge on any atom is -0.347 e. The standard InChI is InChI=1S/C17H20N2O2S/c1-11-7-12(2)17(13(3)8-11)19-16(21)10-18-15(20)9-14-5-4-6-22-14/h4-8H,9-10H2,1-3H3,(H,18,20)(H,19,21). The van der Waals surface area contributed by atoms with Crippen molar-refractivity contribution in [3.63, 3.8) is 0 Å². The highest BCUT2D eigenvalue weighted by Gasteiger charge is 2.10. The summed E-state index contributed by atoms with van der Waals surface area (Å²) in [5.74, 6) is -0.357. The van der Waals surface area contributed by atoms with E-state index in [0.717, 1.165) is 27.3 Å². The molecule has 0 aliphatic carbocycles. The smallest absolute Gasteiger partial charge is 0.243 e. The number of rotatable bonds is 5. The van der Waals surface area contributed by atoms with E-state index in [0.29, 0.717) is 6.42 Å². The molecule has 5 heteroatoms. The van der Waals surface area contributed by atoms with Crippen LogP contribution in [0, 0.1) is 20.8 Å². The summed E-state index contributed by atoms with van der Waals surface area (Å²) in [6.07, 6.45) is 0.313. The summed E-state index contributed by atoms with van der Waals surface area (Å²) in [6.45, 7) is 5.93. The Morgan fingerprint density at radius 1 is 1.09 bits per heavy atom. The number of carbonyl (C=O) groups excluding carboxylic acids is 2. The Kier molecular flexibility index (Phi) is 5.33. The Balaban J connectivity index is 1.87. The van der Waals surface area contributed by atoms with E-state index in [1.54, 1.807) is 0 Å². The third kappa shape index (κ3) is 4.43. The first-order valence-electron chi connectivity index (χ1n) is 7.12. The first-order valence-corrected chi connectivity index (χ1v) is 8.00. The SMILES string of the molecule is Cc1cc(C)c(NC(=O)CNC(=O)Cc2cccs2)c(C)c1. The van der Waals surface area contributed by atoms with Gasteiger partial charge >= 0.3 is 0 Å². The lowest BCUT2D eigenvalue weighted by atomic mass is 10.1. The summed E-state index contributed by atoms with van der Waals surface area (Å²) >= 11 is 1.53. The molecule has 0 spiro atoms. The molecule has 0 bridgehead atoms. The van der Waals surface area contributed by atoms with E-state index in [-0.39, 0.29) is 18.4 Å². The molecule has 1 heterocycles. The maximum absolute atomic E-state index is 12.0. The van der Waals surface area contributed by atoms with Crippen LogP contribution in [0.4, 0.5) is 5.69 Å². The summed E-state index contributed by atoms with van der Waals surface area (Å²) in [7, 11) is 0. The third-order valence-corrected chi connectivity index (χ3v) is 4.18. The largest absolute Gasteiger partial charge is 0.347 e. The number of anilines is 1. The number of hydrogen-bond donors (Lipinski definition) is 2. The van der Waals surface area contributed by atoms with Crippen LogP contribution in [0.3, 0.4) is 0 Å². The van der Waals surface area contributed by atoms with Crippen molar-refractivity contribution in [3.8, 4) is 0 Å². The fourth-order valence-electron chi connectivity index (χ4n) is 2.37. The van der Waals surface area contributed by atoms with Gasteiger partial charge in [-0.25, -0.2) is 0 Å². The van der Waals surface area contributed by atoms with Crippen molar-refractivity contribution in [3.05, 3.63) is 51.2 Å². The minimum atomic E-state index is -0.213. The highest BCUT2D eigenvalue weighted by molar-refractivity contribution is 7.10. The molecule has 0 aliphatic rings. The van der Waals surface area contributed by atoms with E-state index in [9.17, 15) is 9.59 Å². The molecule has 1 aromatic carbocycles. The Morgan fingerprint density at radius 2 is 1.77 bits per heavy atom. The molecule has 0 unspecified atom stereocenters. The van der Waals surface area contributed by atoms with Crippen molar-refractivity contribution in [1.29, 1.82) is 0 Å². The Hall–Kier alpha value is -2.14. The summed E-state index contributed by atoms with van der Waals surface area (Å²) in [5.41, 5.74) is 4.03. The molecule has 0 radical (unpaired) electrons. The lowest BCUT2D eigenvalue weighted by Gasteiger charge is -2.13. The van der Waals surface area contributed by atoms with Gasteiger partial charge in [0.2, 0.25) is 11.8 Å². The Morgan fingerprint density at radius 3 is 2.36 bits per heavy atom. The van der Waals surface area contributed by atoms with E-state index in [1.807, 2.05) is 50.4 Å². The van der Waals surface area contributed by atoms with Gasteiger partial charge in [0.15, 0.2) is 0 Å². The van der Waals surface area contributed by atoms with Gasteiger partial charge in [0.25, 0.3) is 0 Å². The topological polar surface area (TPSA) is 58.2 Å². The van der Waals surface area contributed by atoms with Crippen molar-refractivity contribution in [2.24, 2.45) is 0 Å². The van der Waals surface area contributed by atoms with E-state index in [4.69, 9.17) is 0 Å². The summed E-state index contributed by atoms with van der Waals surface area (Å²) in [4.78, 5) is 24.7. The second-order valence-electron chi connectivity index (χ2n) is 5.35. The summed E-state index contributed by atoms with van der Waals surface area (Å²) in [5, 5.41) is 7.44. The van der Waals surface area contributed by atoms with Crippen molar-refractivity contribution in [2.45, 2.75) is 27.2 Å². The van der Waals surface area contributed by atoms with Gasteiger partial charge in [0.05, 0.1) is 13.0 Å². The lowest BCUT2D eigenvalue weighted by Crippen LogP contribution is -2.33. The first kappa shape index (κ1) is 16.2. The quantitative estimate of drug-likeness (QED) is 0.891. The molecule has 116 valence electrons. The summed E-state index contributed by atoms with van der Waals surface area (Å²) < 4.78 is 0. The molecule has 2 rings (SSSR count). The maximum atomic E-state index is 12.0. The van der Waals surface area contributed by atoms with Gasteiger partial charge in [-0.3, -0.25) is 9.59 Å². The normalized spacial score (nSPS) is 10.3. The summed E-state index contributed by atoms with van der Waals surface area (Å²) in [6, 6.07) is 7.86. The molecular weight excluding hydrogens is 296 g/mol. The molecule has 0 fully saturated rings. The van der Waals surface area contributed by atoms with E-state index >= 15 is 0 Å². The van der Waals surface area contributed by atoms with E-state index < -0.39 is 0 Å². The molecule has 2 N–H and O–H groups in total. The van der Waals surface area contributed by atoms with Crippen molar-refractivity contribution in [2.75, 3.05) is 11.9 Å². The fourth-order valence-corrected chi connectivity index (χ4v) is 3.08. The van der Waals surface area contributed by atoms with Crippen LogP contribution in [-0.4, -0.2) is 18.4 Å². The van der Waals surface area contributed by atoms with E-state index in [1.165, 1.54) is 11.3 Å².